The average molecular weight is 249 g/mol. The van der Waals surface area contributed by atoms with Gasteiger partial charge in [0.1, 0.15) is 12.2 Å². The lowest BCUT2D eigenvalue weighted by molar-refractivity contribution is 0.0691. The number of aromatic nitrogens is 5. The van der Waals surface area contributed by atoms with Gasteiger partial charge in [-0.15, -0.1) is 0 Å². The van der Waals surface area contributed by atoms with E-state index < -0.39 is 5.97 Å². The lowest BCUT2D eigenvalue weighted by atomic mass is 10.2. The Balaban J connectivity index is 2.13. The number of carboxylic acids is 1. The van der Waals surface area contributed by atoms with Crippen molar-refractivity contribution < 1.29 is 9.90 Å². The molecule has 2 aromatic heterocycles. The maximum Gasteiger partial charge on any atom is 0.356 e. The van der Waals surface area contributed by atoms with Crippen molar-refractivity contribution in [3.8, 4) is 0 Å². The lowest BCUT2D eigenvalue weighted by Crippen LogP contribution is -2.12. The summed E-state index contributed by atoms with van der Waals surface area (Å²) in [4.78, 5) is 18.7. The fourth-order valence-electron chi connectivity index (χ4n) is 1.63. The van der Waals surface area contributed by atoms with Crippen LogP contribution < -0.4 is 0 Å². The second kappa shape index (κ2) is 4.99. The van der Waals surface area contributed by atoms with E-state index in [-0.39, 0.29) is 5.69 Å². The molecule has 96 valence electrons. The molecule has 0 saturated heterocycles. The van der Waals surface area contributed by atoms with Gasteiger partial charge in [-0.1, -0.05) is 13.8 Å². The molecule has 0 aliphatic carbocycles. The third kappa shape index (κ3) is 2.73. The van der Waals surface area contributed by atoms with E-state index in [1.807, 2.05) is 4.68 Å². The summed E-state index contributed by atoms with van der Waals surface area (Å²) >= 11 is 0. The molecule has 7 nitrogen and oxygen atoms in total. The van der Waals surface area contributed by atoms with E-state index in [0.29, 0.717) is 12.5 Å². The molecule has 0 aromatic carbocycles. The van der Waals surface area contributed by atoms with Crippen LogP contribution in [0.25, 0.3) is 0 Å². The molecule has 0 aliphatic heterocycles. The van der Waals surface area contributed by atoms with Crippen LogP contribution in [0.1, 0.15) is 30.2 Å². The molecule has 0 fully saturated rings. The number of rotatable bonds is 5. The van der Waals surface area contributed by atoms with Gasteiger partial charge in [0.15, 0.2) is 5.69 Å². The number of hydrogen-bond donors (Lipinski definition) is 1. The fourth-order valence-corrected chi connectivity index (χ4v) is 1.63. The van der Waals surface area contributed by atoms with E-state index in [1.54, 1.807) is 4.57 Å². The van der Waals surface area contributed by atoms with E-state index in [9.17, 15) is 4.79 Å². The average Bonchev–Trinajstić information content (AvgIpc) is 2.89. The summed E-state index contributed by atoms with van der Waals surface area (Å²) in [5.41, 5.74) is 0.0323. The molecule has 18 heavy (non-hydrogen) atoms. The normalized spacial score (nSPS) is 11.1. The molecule has 0 atom stereocenters. The van der Waals surface area contributed by atoms with Crippen molar-refractivity contribution in [2.75, 3.05) is 0 Å². The molecule has 0 bridgehead atoms. The Bertz CT molecular complexity index is 543. The fraction of sp³-hybridized carbons (Fsp3) is 0.455. The first-order valence-corrected chi connectivity index (χ1v) is 5.68. The first-order valence-electron chi connectivity index (χ1n) is 5.68. The van der Waals surface area contributed by atoms with Gasteiger partial charge in [0.2, 0.25) is 0 Å². The molecule has 2 rings (SSSR count). The van der Waals surface area contributed by atoms with Crippen LogP contribution in [0.5, 0.6) is 0 Å². The first-order chi connectivity index (χ1) is 8.56. The summed E-state index contributed by atoms with van der Waals surface area (Å²) < 4.78 is 3.51. The van der Waals surface area contributed by atoms with Gasteiger partial charge in [-0.3, -0.25) is 0 Å². The van der Waals surface area contributed by atoms with E-state index in [0.717, 1.165) is 12.4 Å². The maximum atomic E-state index is 10.7. The molecule has 2 aromatic rings. The number of carboxylic acid groups (broad SMARTS) is 1. The van der Waals surface area contributed by atoms with Crippen LogP contribution in [0.15, 0.2) is 18.9 Å². The molecule has 0 radical (unpaired) electrons. The smallest absolute Gasteiger partial charge is 0.356 e. The SMILES string of the molecule is CC(C)Cn1ncnc1Cn1cnc(C(=O)O)c1. The number of imidazole rings is 1. The molecule has 0 aliphatic rings. The van der Waals surface area contributed by atoms with Gasteiger partial charge in [-0.05, 0) is 5.92 Å². The van der Waals surface area contributed by atoms with Crippen molar-refractivity contribution >= 4 is 5.97 Å². The highest BCUT2D eigenvalue weighted by molar-refractivity contribution is 5.84. The topological polar surface area (TPSA) is 85.8 Å². The van der Waals surface area contributed by atoms with Crippen LogP contribution in [-0.2, 0) is 13.1 Å². The van der Waals surface area contributed by atoms with Crippen LogP contribution in [0.4, 0.5) is 0 Å². The van der Waals surface area contributed by atoms with Crippen LogP contribution >= 0.6 is 0 Å². The predicted molar refractivity (Wildman–Crippen MR) is 63.1 cm³/mol. The van der Waals surface area contributed by atoms with Crippen molar-refractivity contribution in [1.82, 2.24) is 24.3 Å². The highest BCUT2D eigenvalue weighted by Crippen LogP contribution is 2.04. The number of hydrogen-bond acceptors (Lipinski definition) is 4. The summed E-state index contributed by atoms with van der Waals surface area (Å²) in [7, 11) is 0. The van der Waals surface area contributed by atoms with Crippen molar-refractivity contribution in [2.24, 2.45) is 5.92 Å². The molecule has 0 unspecified atom stereocenters. The zero-order valence-corrected chi connectivity index (χ0v) is 10.3. The molecule has 0 amide bonds. The largest absolute Gasteiger partial charge is 0.476 e. The van der Waals surface area contributed by atoms with Crippen molar-refractivity contribution in [3.63, 3.8) is 0 Å². The van der Waals surface area contributed by atoms with Gasteiger partial charge in [-0.2, -0.15) is 5.10 Å². The second-order valence-electron chi connectivity index (χ2n) is 4.49. The number of nitrogens with zero attached hydrogens (tertiary/aromatic N) is 5. The molecule has 7 heteroatoms. The van der Waals surface area contributed by atoms with Gasteiger partial charge < -0.3 is 9.67 Å². The summed E-state index contributed by atoms with van der Waals surface area (Å²) in [6.45, 7) is 5.46. The van der Waals surface area contributed by atoms with E-state index in [1.165, 1.54) is 18.9 Å². The van der Waals surface area contributed by atoms with Crippen molar-refractivity contribution in [2.45, 2.75) is 26.9 Å². The summed E-state index contributed by atoms with van der Waals surface area (Å²) in [5, 5.41) is 12.9. The quantitative estimate of drug-likeness (QED) is 0.850. The van der Waals surface area contributed by atoms with Gasteiger partial charge in [0.25, 0.3) is 0 Å². The van der Waals surface area contributed by atoms with Crippen LogP contribution in [0.2, 0.25) is 0 Å². The summed E-state index contributed by atoms with van der Waals surface area (Å²) in [6.07, 6.45) is 4.47. The summed E-state index contributed by atoms with van der Waals surface area (Å²) in [5.74, 6) is 0.234. The first kappa shape index (κ1) is 12.3. The predicted octanol–water partition coefficient (Wildman–Crippen LogP) is 0.877. The highest BCUT2D eigenvalue weighted by atomic mass is 16.4. The van der Waals surface area contributed by atoms with Crippen LogP contribution in [0, 0.1) is 5.92 Å². The van der Waals surface area contributed by atoms with Gasteiger partial charge >= 0.3 is 5.97 Å². The molecule has 2 heterocycles. The molecule has 0 saturated carbocycles. The lowest BCUT2D eigenvalue weighted by Gasteiger charge is -2.08. The van der Waals surface area contributed by atoms with E-state index in [4.69, 9.17) is 5.11 Å². The van der Waals surface area contributed by atoms with Gasteiger partial charge in [0.05, 0.1) is 12.9 Å². The zero-order chi connectivity index (χ0) is 13.1. The Morgan fingerprint density at radius 3 is 2.83 bits per heavy atom. The molecule has 1 N–H and O–H groups in total. The Morgan fingerprint density at radius 1 is 1.44 bits per heavy atom. The Labute approximate surface area is 104 Å². The molecular formula is C11H15N5O2. The van der Waals surface area contributed by atoms with Crippen LogP contribution in [-0.4, -0.2) is 35.4 Å². The highest BCUT2D eigenvalue weighted by Gasteiger charge is 2.10. The van der Waals surface area contributed by atoms with E-state index in [2.05, 4.69) is 28.9 Å². The Morgan fingerprint density at radius 2 is 2.22 bits per heavy atom. The minimum atomic E-state index is -1.03. The van der Waals surface area contributed by atoms with E-state index >= 15 is 0 Å². The summed E-state index contributed by atoms with van der Waals surface area (Å²) in [6, 6.07) is 0. The third-order valence-corrected chi connectivity index (χ3v) is 2.41. The Kier molecular flexibility index (Phi) is 3.40. The minimum Gasteiger partial charge on any atom is -0.476 e. The third-order valence-electron chi connectivity index (χ3n) is 2.41. The van der Waals surface area contributed by atoms with Gasteiger partial charge in [-0.25, -0.2) is 19.4 Å². The van der Waals surface area contributed by atoms with Crippen molar-refractivity contribution in [3.05, 3.63) is 30.4 Å². The molecule has 0 spiro atoms. The number of aromatic carboxylic acids is 1. The zero-order valence-electron chi connectivity index (χ0n) is 10.3. The second-order valence-corrected chi connectivity index (χ2v) is 4.49. The minimum absolute atomic E-state index is 0.0323. The van der Waals surface area contributed by atoms with Crippen LogP contribution in [0.3, 0.4) is 0 Å². The maximum absolute atomic E-state index is 10.7. The van der Waals surface area contributed by atoms with Gasteiger partial charge in [0, 0.05) is 12.7 Å². The number of carbonyl (C=O) groups is 1. The van der Waals surface area contributed by atoms with Crippen molar-refractivity contribution in [1.29, 1.82) is 0 Å². The Hall–Kier alpha value is -2.18. The molecular weight excluding hydrogens is 234 g/mol. The monoisotopic (exact) mass is 249 g/mol. The standard InChI is InChI=1S/C11H15N5O2/c1-8(2)3-16-10(12-6-14-16)5-15-4-9(11(17)18)13-7-15/h4,6-8H,3,5H2,1-2H3,(H,17,18).